The van der Waals surface area contributed by atoms with Gasteiger partial charge in [-0.05, 0) is 29.8 Å². The largest absolute Gasteiger partial charge is 0.461 e. The first-order chi connectivity index (χ1) is 15.1. The maximum atomic E-state index is 12.6. The molecule has 1 amide bonds. The zero-order valence-electron chi connectivity index (χ0n) is 17.6. The Morgan fingerprint density at radius 2 is 2.00 bits per heavy atom. The van der Waals surface area contributed by atoms with Crippen LogP contribution in [0.25, 0.3) is 11.6 Å². The van der Waals surface area contributed by atoms with Crippen LogP contribution in [-0.2, 0) is 17.8 Å². The lowest BCUT2D eigenvalue weighted by atomic mass is 10.1. The van der Waals surface area contributed by atoms with Crippen LogP contribution in [0.3, 0.4) is 0 Å². The number of nitrogens with zero attached hydrogens (tertiary/aromatic N) is 5. The molecule has 1 aromatic carbocycles. The summed E-state index contributed by atoms with van der Waals surface area (Å²) in [5.41, 5.74) is 0.929. The molecule has 11 heteroatoms. The number of carbonyl (C=O) groups is 1. The van der Waals surface area contributed by atoms with E-state index in [0.29, 0.717) is 61.6 Å². The molecule has 0 radical (unpaired) electrons. The van der Waals surface area contributed by atoms with Gasteiger partial charge in [-0.25, -0.2) is 4.98 Å². The summed E-state index contributed by atoms with van der Waals surface area (Å²) in [4.78, 5) is 25.4. The van der Waals surface area contributed by atoms with Gasteiger partial charge in [-0.3, -0.25) is 14.9 Å². The Labute approximate surface area is 208 Å². The third-order valence-electron chi connectivity index (χ3n) is 5.08. The SMILES string of the molecule is CN=C(NCc1nc(-c2ccco2)n[nH]1)N1CCN(C(=O)Cc2cccc(Cl)c2)CC1.I. The molecule has 0 aliphatic carbocycles. The quantitative estimate of drug-likeness (QED) is 0.278. The molecule has 0 spiro atoms. The summed E-state index contributed by atoms with van der Waals surface area (Å²) in [5, 5.41) is 11.0. The van der Waals surface area contributed by atoms with Gasteiger partial charge in [0.1, 0.15) is 5.82 Å². The van der Waals surface area contributed by atoms with E-state index in [1.165, 1.54) is 0 Å². The molecule has 1 fully saturated rings. The number of guanidine groups is 1. The van der Waals surface area contributed by atoms with Crippen LogP contribution in [0.2, 0.25) is 5.02 Å². The van der Waals surface area contributed by atoms with E-state index in [2.05, 4.69) is 30.4 Å². The molecule has 2 aromatic heterocycles. The monoisotopic (exact) mass is 569 g/mol. The van der Waals surface area contributed by atoms with Gasteiger partial charge < -0.3 is 19.5 Å². The number of rotatable bonds is 5. The van der Waals surface area contributed by atoms with Crippen molar-refractivity contribution < 1.29 is 9.21 Å². The van der Waals surface area contributed by atoms with Gasteiger partial charge in [-0.1, -0.05) is 23.7 Å². The highest BCUT2D eigenvalue weighted by molar-refractivity contribution is 14.0. The average molecular weight is 570 g/mol. The Bertz CT molecular complexity index is 1050. The fourth-order valence-corrected chi connectivity index (χ4v) is 3.70. The normalized spacial score (nSPS) is 14.2. The van der Waals surface area contributed by atoms with Crippen LogP contribution < -0.4 is 5.32 Å². The maximum absolute atomic E-state index is 12.6. The van der Waals surface area contributed by atoms with Gasteiger partial charge in [0.15, 0.2) is 11.7 Å². The Morgan fingerprint density at radius 3 is 2.69 bits per heavy atom. The molecular weight excluding hydrogens is 545 g/mol. The van der Waals surface area contributed by atoms with Crippen LogP contribution in [0.5, 0.6) is 0 Å². The predicted octanol–water partition coefficient (Wildman–Crippen LogP) is 2.80. The summed E-state index contributed by atoms with van der Waals surface area (Å²) in [6, 6.07) is 11.0. The second kappa shape index (κ2) is 11.3. The Hall–Kier alpha value is -2.60. The first kappa shape index (κ1) is 24.1. The minimum Gasteiger partial charge on any atom is -0.461 e. The minimum absolute atomic E-state index is 0. The summed E-state index contributed by atoms with van der Waals surface area (Å²) < 4.78 is 5.31. The van der Waals surface area contributed by atoms with Crippen LogP contribution in [0.15, 0.2) is 52.1 Å². The summed E-state index contributed by atoms with van der Waals surface area (Å²) in [5.74, 6) is 2.69. The first-order valence-electron chi connectivity index (χ1n) is 10.1. The third-order valence-corrected chi connectivity index (χ3v) is 5.31. The molecule has 1 aliphatic heterocycles. The number of hydrogen-bond donors (Lipinski definition) is 2. The van der Waals surface area contributed by atoms with Gasteiger partial charge in [0.25, 0.3) is 0 Å². The van der Waals surface area contributed by atoms with Gasteiger partial charge in [0.2, 0.25) is 11.7 Å². The second-order valence-corrected chi connectivity index (χ2v) is 7.59. The van der Waals surface area contributed by atoms with Crippen LogP contribution in [0.1, 0.15) is 11.4 Å². The van der Waals surface area contributed by atoms with Gasteiger partial charge >= 0.3 is 0 Å². The molecule has 0 bridgehead atoms. The van der Waals surface area contributed by atoms with E-state index in [9.17, 15) is 4.79 Å². The number of aliphatic imine (C=N–C) groups is 1. The van der Waals surface area contributed by atoms with Crippen molar-refractivity contribution in [3.8, 4) is 11.6 Å². The van der Waals surface area contributed by atoms with E-state index in [0.717, 1.165) is 11.5 Å². The molecule has 32 heavy (non-hydrogen) atoms. The number of carbonyl (C=O) groups excluding carboxylic acids is 1. The molecule has 1 aliphatic rings. The number of halogens is 2. The zero-order valence-corrected chi connectivity index (χ0v) is 20.7. The lowest BCUT2D eigenvalue weighted by Gasteiger charge is -2.36. The van der Waals surface area contributed by atoms with Gasteiger partial charge in [-0.15, -0.1) is 29.1 Å². The standard InChI is InChI=1S/C21H24ClN7O2.HI/c1-23-21(24-14-18-25-20(27-26-18)17-6-3-11-31-17)29-9-7-28(8-10-29)19(30)13-15-4-2-5-16(22)12-15;/h2-6,11-12H,7-10,13-14H2,1H3,(H,23,24)(H,25,26,27);1H. The number of H-pyrrole nitrogens is 1. The lowest BCUT2D eigenvalue weighted by Crippen LogP contribution is -2.53. The highest BCUT2D eigenvalue weighted by Crippen LogP contribution is 2.15. The van der Waals surface area contributed by atoms with Crippen molar-refractivity contribution in [1.82, 2.24) is 30.3 Å². The number of hydrogen-bond acceptors (Lipinski definition) is 5. The molecule has 3 heterocycles. The maximum Gasteiger partial charge on any atom is 0.227 e. The number of aromatic amines is 1. The van der Waals surface area contributed by atoms with Gasteiger partial charge in [0, 0.05) is 38.2 Å². The van der Waals surface area contributed by atoms with E-state index in [1.54, 1.807) is 19.4 Å². The predicted molar refractivity (Wildman–Crippen MR) is 133 cm³/mol. The summed E-state index contributed by atoms with van der Waals surface area (Å²) in [6.07, 6.45) is 1.95. The van der Waals surface area contributed by atoms with Crippen LogP contribution in [0, 0.1) is 0 Å². The summed E-state index contributed by atoms with van der Waals surface area (Å²) >= 11 is 6.02. The molecule has 170 valence electrons. The van der Waals surface area contributed by atoms with Gasteiger partial charge in [-0.2, -0.15) is 0 Å². The minimum atomic E-state index is 0. The van der Waals surface area contributed by atoms with E-state index >= 15 is 0 Å². The van der Waals surface area contributed by atoms with E-state index in [-0.39, 0.29) is 29.9 Å². The van der Waals surface area contributed by atoms with E-state index < -0.39 is 0 Å². The number of nitrogens with one attached hydrogen (secondary N) is 2. The Kier molecular flexibility index (Phi) is 8.51. The van der Waals surface area contributed by atoms with Crippen molar-refractivity contribution in [3.63, 3.8) is 0 Å². The zero-order chi connectivity index (χ0) is 21.6. The van der Waals surface area contributed by atoms with Crippen LogP contribution >= 0.6 is 35.6 Å². The molecule has 3 aromatic rings. The van der Waals surface area contributed by atoms with Crippen molar-refractivity contribution >= 4 is 47.4 Å². The number of benzene rings is 1. The molecule has 0 unspecified atom stereocenters. The number of piperazine rings is 1. The van der Waals surface area contributed by atoms with Crippen molar-refractivity contribution in [2.24, 2.45) is 4.99 Å². The van der Waals surface area contributed by atoms with Crippen molar-refractivity contribution in [1.29, 1.82) is 0 Å². The van der Waals surface area contributed by atoms with E-state index in [1.807, 2.05) is 35.2 Å². The van der Waals surface area contributed by atoms with Crippen molar-refractivity contribution in [2.75, 3.05) is 33.2 Å². The van der Waals surface area contributed by atoms with Crippen LogP contribution in [0.4, 0.5) is 0 Å². The lowest BCUT2D eigenvalue weighted by molar-refractivity contribution is -0.131. The number of furan rings is 1. The highest BCUT2D eigenvalue weighted by atomic mass is 127. The molecule has 2 N–H and O–H groups in total. The molecule has 0 saturated carbocycles. The van der Waals surface area contributed by atoms with Crippen molar-refractivity contribution in [2.45, 2.75) is 13.0 Å². The Morgan fingerprint density at radius 1 is 1.22 bits per heavy atom. The number of aromatic nitrogens is 3. The average Bonchev–Trinajstić information content (AvgIpc) is 3.47. The van der Waals surface area contributed by atoms with Crippen LogP contribution in [-0.4, -0.2) is 70.1 Å². The molecule has 9 nitrogen and oxygen atoms in total. The summed E-state index contributed by atoms with van der Waals surface area (Å²) in [6.45, 7) is 3.15. The second-order valence-electron chi connectivity index (χ2n) is 7.16. The van der Waals surface area contributed by atoms with Crippen molar-refractivity contribution in [3.05, 3.63) is 59.1 Å². The number of amides is 1. The summed E-state index contributed by atoms with van der Waals surface area (Å²) in [7, 11) is 1.74. The third kappa shape index (κ3) is 6.00. The fraction of sp³-hybridized carbons (Fsp3) is 0.333. The molecule has 4 rings (SSSR count). The van der Waals surface area contributed by atoms with E-state index in [4.69, 9.17) is 16.0 Å². The highest BCUT2D eigenvalue weighted by Gasteiger charge is 2.23. The van der Waals surface area contributed by atoms with Gasteiger partial charge in [0.05, 0.1) is 19.2 Å². The molecule has 1 saturated heterocycles. The smallest absolute Gasteiger partial charge is 0.227 e. The molecule has 0 atom stereocenters. The fourth-order valence-electron chi connectivity index (χ4n) is 3.49. The Balaban J connectivity index is 0.00000289. The first-order valence-corrected chi connectivity index (χ1v) is 10.4. The topological polar surface area (TPSA) is 103 Å². The molecular formula is C21H25ClIN7O2.